The maximum atomic E-state index is 8.27. The van der Waals surface area contributed by atoms with E-state index in [-0.39, 0.29) is 6.15 Å². The standard InChI is InChI=1S/C6H12BO2.H3N/c8-7-9-6-4-2-1-3-5-6;/h6,8H,1-5H2;1H3. The Labute approximate surface area is 62.7 Å². The summed E-state index contributed by atoms with van der Waals surface area (Å²) in [4.78, 5) is 0. The molecule has 1 aliphatic carbocycles. The molecule has 0 unspecified atom stereocenters. The lowest BCUT2D eigenvalue weighted by atomic mass is 9.97. The van der Waals surface area contributed by atoms with Gasteiger partial charge in [-0.25, -0.2) is 0 Å². The van der Waals surface area contributed by atoms with Crippen LogP contribution in [0.15, 0.2) is 0 Å². The average molecular weight is 144 g/mol. The summed E-state index contributed by atoms with van der Waals surface area (Å²) in [6, 6.07) is 0. The van der Waals surface area contributed by atoms with Crippen LogP contribution in [0, 0.1) is 0 Å². The van der Waals surface area contributed by atoms with Crippen molar-refractivity contribution in [1.29, 1.82) is 0 Å². The molecule has 1 fully saturated rings. The summed E-state index contributed by atoms with van der Waals surface area (Å²) in [6.07, 6.45) is 6.33. The third-order valence-electron chi connectivity index (χ3n) is 1.81. The van der Waals surface area contributed by atoms with Gasteiger partial charge in [0.25, 0.3) is 0 Å². The van der Waals surface area contributed by atoms with E-state index < -0.39 is 0 Å². The summed E-state index contributed by atoms with van der Waals surface area (Å²) in [5, 5.41) is 8.27. The second-order valence-electron chi connectivity index (χ2n) is 2.50. The van der Waals surface area contributed by atoms with E-state index in [2.05, 4.69) is 0 Å². The number of rotatable bonds is 2. The van der Waals surface area contributed by atoms with Crippen molar-refractivity contribution in [2.24, 2.45) is 0 Å². The minimum atomic E-state index is 0. The van der Waals surface area contributed by atoms with E-state index in [0.717, 1.165) is 20.5 Å². The molecule has 0 heterocycles. The van der Waals surface area contributed by atoms with E-state index in [1.807, 2.05) is 0 Å². The molecule has 1 rings (SSSR count). The predicted molar refractivity (Wildman–Crippen MR) is 41.0 cm³/mol. The molecule has 59 valence electrons. The third kappa shape index (κ3) is 3.20. The van der Waals surface area contributed by atoms with Gasteiger partial charge in [-0.2, -0.15) is 0 Å². The summed E-state index contributed by atoms with van der Waals surface area (Å²) in [5.74, 6) is 0. The first-order valence-electron chi connectivity index (χ1n) is 3.55. The maximum Gasteiger partial charge on any atom is 0.485 e. The minimum absolute atomic E-state index is 0. The van der Waals surface area contributed by atoms with Crippen LogP contribution < -0.4 is 6.15 Å². The van der Waals surface area contributed by atoms with Crippen molar-refractivity contribution in [3.05, 3.63) is 0 Å². The Morgan fingerprint density at radius 2 is 1.80 bits per heavy atom. The van der Waals surface area contributed by atoms with Crippen molar-refractivity contribution < 1.29 is 9.68 Å². The van der Waals surface area contributed by atoms with E-state index in [4.69, 9.17) is 9.68 Å². The zero-order chi connectivity index (χ0) is 6.53. The molecule has 0 aliphatic heterocycles. The Morgan fingerprint density at radius 1 is 1.20 bits per heavy atom. The molecule has 10 heavy (non-hydrogen) atoms. The second-order valence-corrected chi connectivity index (χ2v) is 2.50. The van der Waals surface area contributed by atoms with Crippen molar-refractivity contribution >= 4 is 7.69 Å². The van der Waals surface area contributed by atoms with Gasteiger partial charge in [0, 0.05) is 6.10 Å². The van der Waals surface area contributed by atoms with Gasteiger partial charge in [-0.3, -0.25) is 0 Å². The fraction of sp³-hybridized carbons (Fsp3) is 1.00. The molecule has 4 heteroatoms. The highest BCUT2D eigenvalue weighted by Crippen LogP contribution is 2.19. The highest BCUT2D eigenvalue weighted by atomic mass is 16.5. The minimum Gasteiger partial charge on any atom is -0.429 e. The SMILES string of the molecule is N.O[B]OC1CCCCC1. The highest BCUT2D eigenvalue weighted by molar-refractivity contribution is 6.15. The Balaban J connectivity index is 0.000000810. The molecule has 3 nitrogen and oxygen atoms in total. The molecule has 0 atom stereocenters. The van der Waals surface area contributed by atoms with Crippen LogP contribution in [-0.4, -0.2) is 18.8 Å². The zero-order valence-corrected chi connectivity index (χ0v) is 6.25. The molecule has 1 radical (unpaired) electrons. The van der Waals surface area contributed by atoms with Crippen LogP contribution in [0.1, 0.15) is 32.1 Å². The molecule has 0 spiro atoms. The van der Waals surface area contributed by atoms with E-state index in [0.29, 0.717) is 6.10 Å². The molecular weight excluding hydrogens is 129 g/mol. The van der Waals surface area contributed by atoms with Gasteiger partial charge < -0.3 is 15.8 Å². The van der Waals surface area contributed by atoms with Crippen LogP contribution in [-0.2, 0) is 4.65 Å². The van der Waals surface area contributed by atoms with Gasteiger partial charge in [-0.1, -0.05) is 19.3 Å². The zero-order valence-electron chi connectivity index (χ0n) is 6.25. The molecule has 0 aromatic heterocycles. The summed E-state index contributed by atoms with van der Waals surface area (Å²) in [6.45, 7) is 0. The van der Waals surface area contributed by atoms with Crippen LogP contribution >= 0.6 is 0 Å². The first kappa shape index (κ1) is 9.94. The first-order valence-corrected chi connectivity index (χ1v) is 3.55. The lowest BCUT2D eigenvalue weighted by molar-refractivity contribution is 0.140. The number of hydrogen-bond acceptors (Lipinski definition) is 3. The Bertz CT molecular complexity index is 73.4. The van der Waals surface area contributed by atoms with Crippen LogP contribution in [0.2, 0.25) is 0 Å². The Kier molecular flexibility index (Phi) is 5.68. The maximum absolute atomic E-state index is 8.27. The summed E-state index contributed by atoms with van der Waals surface area (Å²) >= 11 is 0. The quantitative estimate of drug-likeness (QED) is 0.568. The van der Waals surface area contributed by atoms with Gasteiger partial charge in [-0.15, -0.1) is 0 Å². The monoisotopic (exact) mass is 144 g/mol. The first-order chi connectivity index (χ1) is 4.43. The average Bonchev–Trinajstić information content (AvgIpc) is 1.91. The predicted octanol–water partition coefficient (Wildman–Crippen LogP) is 1.02. The van der Waals surface area contributed by atoms with Gasteiger partial charge in [0.15, 0.2) is 0 Å². The van der Waals surface area contributed by atoms with E-state index in [1.54, 1.807) is 0 Å². The lowest BCUT2D eigenvalue weighted by Crippen LogP contribution is -2.18. The Morgan fingerprint density at radius 3 is 2.30 bits per heavy atom. The number of hydrogen-bond donors (Lipinski definition) is 2. The fourth-order valence-corrected chi connectivity index (χ4v) is 1.29. The van der Waals surface area contributed by atoms with Crippen LogP contribution in [0.3, 0.4) is 0 Å². The molecule has 1 aliphatic rings. The third-order valence-corrected chi connectivity index (χ3v) is 1.81. The summed E-state index contributed by atoms with van der Waals surface area (Å²) in [7, 11) is 0.815. The molecule has 0 aromatic rings. The topological polar surface area (TPSA) is 64.5 Å². The van der Waals surface area contributed by atoms with Gasteiger partial charge in [0.1, 0.15) is 0 Å². The lowest BCUT2D eigenvalue weighted by Gasteiger charge is -2.20. The van der Waals surface area contributed by atoms with E-state index in [9.17, 15) is 0 Å². The summed E-state index contributed by atoms with van der Waals surface area (Å²) < 4.78 is 4.91. The molecule has 0 amide bonds. The molecule has 0 saturated heterocycles. The fourth-order valence-electron chi connectivity index (χ4n) is 1.29. The summed E-state index contributed by atoms with van der Waals surface area (Å²) in [5.41, 5.74) is 0. The van der Waals surface area contributed by atoms with Crippen molar-refractivity contribution in [2.75, 3.05) is 0 Å². The smallest absolute Gasteiger partial charge is 0.429 e. The van der Waals surface area contributed by atoms with Crippen LogP contribution in [0.5, 0.6) is 0 Å². The van der Waals surface area contributed by atoms with E-state index in [1.165, 1.54) is 19.3 Å². The largest absolute Gasteiger partial charge is 0.485 e. The molecule has 1 saturated carbocycles. The second kappa shape index (κ2) is 5.71. The van der Waals surface area contributed by atoms with Crippen LogP contribution in [0.25, 0.3) is 0 Å². The van der Waals surface area contributed by atoms with Gasteiger partial charge in [-0.05, 0) is 12.8 Å². The molecule has 0 aromatic carbocycles. The molecular formula is C6H15BNO2. The van der Waals surface area contributed by atoms with Crippen molar-refractivity contribution in [3.8, 4) is 0 Å². The normalized spacial score (nSPS) is 19.7. The van der Waals surface area contributed by atoms with E-state index >= 15 is 0 Å². The molecule has 4 N–H and O–H groups in total. The van der Waals surface area contributed by atoms with Gasteiger partial charge >= 0.3 is 7.69 Å². The van der Waals surface area contributed by atoms with Crippen molar-refractivity contribution in [3.63, 3.8) is 0 Å². The van der Waals surface area contributed by atoms with Gasteiger partial charge in [0.05, 0.1) is 0 Å². The molecule has 0 bridgehead atoms. The highest BCUT2D eigenvalue weighted by Gasteiger charge is 2.12. The Hall–Kier alpha value is -0.0551. The van der Waals surface area contributed by atoms with Crippen molar-refractivity contribution in [1.82, 2.24) is 6.15 Å². The van der Waals surface area contributed by atoms with Gasteiger partial charge in [0.2, 0.25) is 0 Å². The van der Waals surface area contributed by atoms with Crippen LogP contribution in [0.4, 0.5) is 0 Å². The van der Waals surface area contributed by atoms with Crippen molar-refractivity contribution in [2.45, 2.75) is 38.2 Å².